The van der Waals surface area contributed by atoms with Crippen molar-refractivity contribution in [2.45, 2.75) is 65.7 Å². The molecule has 10 rings (SSSR count). The summed E-state index contributed by atoms with van der Waals surface area (Å²) in [6, 6.07) is 25.8. The average molecular weight is 1280 g/mol. The van der Waals surface area contributed by atoms with Gasteiger partial charge in [-0.25, -0.2) is 4.67 Å². The molecule has 22 nitrogen and oxygen atoms in total. The van der Waals surface area contributed by atoms with Crippen LogP contribution in [0, 0.1) is 31.1 Å². The molecule has 28 heteroatoms. The lowest BCUT2D eigenvalue weighted by Crippen LogP contribution is -2.46. The highest BCUT2D eigenvalue weighted by atomic mass is 35.7. The molecule has 2 saturated carbocycles. The van der Waals surface area contributed by atoms with Gasteiger partial charge in [-0.1, -0.05) is 73.4 Å². The number of ether oxygens (including phenoxy) is 2. The highest BCUT2D eigenvalue weighted by molar-refractivity contribution is 7.84. The zero-order valence-corrected chi connectivity index (χ0v) is 51.9. The highest BCUT2D eigenvalue weighted by Crippen LogP contribution is 2.56. The normalized spacial score (nSPS) is 17.3. The molecule has 0 radical (unpaired) electrons. The molecule has 1 N–H and O–H groups in total. The summed E-state index contributed by atoms with van der Waals surface area (Å²) in [5, 5.41) is 34.6. The van der Waals surface area contributed by atoms with Crippen molar-refractivity contribution in [1.82, 2.24) is 29.5 Å². The molecule has 452 valence electrons. The van der Waals surface area contributed by atoms with Crippen LogP contribution in [0.15, 0.2) is 119 Å². The average Bonchev–Trinajstić information content (AvgIpc) is 4.55. The standard InChI is InChI=1S/C28H33ClN5O6P.C19H23ClN4O2.C9H11ClNO4P.ClH/c1-3-40-41(38,19-21-7-9-23(10-8-21)34(36)37)32-15-13-31(14-16-32)25-18-30-33(24-6-4-5-22(29)17-24)27(35)26(25)39-20-28(2)11-12-28;1-19(5-6-19)13-26-17-16(23-9-7-21-8-10-23)12-22-24(18(17)25)15-4-2-3-14(20)11-15;1-2-15-16(10,14)7-8-3-5-9(6-4-8)11(12)13;/h4-10,17-18H,3,11-16,19-20H2,1-2H3;2-4,11-12,21H,5-10,13H2,1H3;3-6H,2,7H2,1H3;1H. The van der Waals surface area contributed by atoms with Crippen molar-refractivity contribution >= 4 is 83.8 Å². The van der Waals surface area contributed by atoms with Crippen LogP contribution in [0.2, 0.25) is 10.0 Å². The van der Waals surface area contributed by atoms with Gasteiger partial charge in [0.25, 0.3) is 25.6 Å². The predicted molar refractivity (Wildman–Crippen MR) is 329 cm³/mol. The van der Waals surface area contributed by atoms with Crippen molar-refractivity contribution in [3.8, 4) is 22.9 Å². The lowest BCUT2D eigenvalue weighted by atomic mass is 10.2. The van der Waals surface area contributed by atoms with Gasteiger partial charge in [0.05, 0.1) is 72.4 Å². The van der Waals surface area contributed by atoms with Crippen LogP contribution < -0.4 is 35.7 Å². The zero-order chi connectivity index (χ0) is 59.5. The molecule has 0 bridgehead atoms. The van der Waals surface area contributed by atoms with Gasteiger partial charge in [-0.05, 0) is 98.3 Å². The van der Waals surface area contributed by atoms with Gasteiger partial charge < -0.3 is 33.6 Å². The molecule has 2 saturated heterocycles. The molecule has 4 aliphatic rings. The largest absolute Gasteiger partial charge is 0.486 e. The van der Waals surface area contributed by atoms with E-state index in [1.165, 1.54) is 45.8 Å². The fraction of sp³-hybridized carbons (Fsp3) is 0.429. The number of nitrogens with zero attached hydrogens (tertiary/aromatic N) is 9. The van der Waals surface area contributed by atoms with E-state index in [0.29, 0.717) is 83.4 Å². The molecule has 4 fully saturated rings. The summed E-state index contributed by atoms with van der Waals surface area (Å²) < 4.78 is 53.1. The third-order valence-corrected chi connectivity index (χ3v) is 19.7. The Kier molecular flexibility index (Phi) is 22.7. The molecule has 84 heavy (non-hydrogen) atoms. The van der Waals surface area contributed by atoms with Crippen LogP contribution in [0.4, 0.5) is 22.7 Å². The molecule has 2 aliphatic carbocycles. The number of benzene rings is 4. The van der Waals surface area contributed by atoms with E-state index in [1.807, 2.05) is 21.7 Å². The smallest absolute Gasteiger partial charge is 0.316 e. The molecule has 4 aromatic carbocycles. The summed E-state index contributed by atoms with van der Waals surface area (Å²) in [4.78, 5) is 51.5. The molecule has 4 heterocycles. The molecule has 0 amide bonds. The number of hydrogen-bond donors (Lipinski definition) is 1. The van der Waals surface area contributed by atoms with E-state index in [-0.39, 0.29) is 77.0 Å². The highest BCUT2D eigenvalue weighted by Gasteiger charge is 2.41. The minimum absolute atomic E-state index is 0. The molecule has 2 aliphatic heterocycles. The number of nitrogens with one attached hydrogen (secondary N) is 1. The lowest BCUT2D eigenvalue weighted by Gasteiger charge is -2.39. The Morgan fingerprint density at radius 1 is 0.619 bits per heavy atom. The predicted octanol–water partition coefficient (Wildman–Crippen LogP) is 12.0. The summed E-state index contributed by atoms with van der Waals surface area (Å²) >= 11 is 17.9. The van der Waals surface area contributed by atoms with E-state index in [4.69, 9.17) is 53.0 Å². The molecular formula is C56H68Cl4N10O12P2. The van der Waals surface area contributed by atoms with Crippen molar-refractivity contribution in [3.05, 3.63) is 172 Å². The number of nitro benzene ring substituents is 2. The van der Waals surface area contributed by atoms with Crippen LogP contribution in [-0.2, 0) is 30.5 Å². The maximum absolute atomic E-state index is 14.0. The first-order valence-corrected chi connectivity index (χ1v) is 32.5. The minimum Gasteiger partial charge on any atom is -0.486 e. The molecule has 6 aromatic rings. The number of anilines is 2. The summed E-state index contributed by atoms with van der Waals surface area (Å²) in [6.45, 7) is 11.4. The van der Waals surface area contributed by atoms with Crippen molar-refractivity contribution < 1.29 is 37.5 Å². The fourth-order valence-electron chi connectivity index (χ4n) is 9.08. The van der Waals surface area contributed by atoms with Gasteiger partial charge >= 0.3 is 11.1 Å². The van der Waals surface area contributed by atoms with Crippen LogP contribution in [0.5, 0.6) is 11.5 Å². The molecule has 2 unspecified atom stereocenters. The van der Waals surface area contributed by atoms with Gasteiger partial charge in [-0.3, -0.25) is 38.9 Å². The maximum atomic E-state index is 14.0. The van der Waals surface area contributed by atoms with E-state index >= 15 is 0 Å². The van der Waals surface area contributed by atoms with E-state index in [1.54, 1.807) is 74.8 Å². The molecule has 2 atom stereocenters. The molecular weight excluding hydrogens is 1210 g/mol. The van der Waals surface area contributed by atoms with Gasteiger partial charge in [-0.15, -0.1) is 12.4 Å². The Labute approximate surface area is 507 Å². The van der Waals surface area contributed by atoms with Gasteiger partial charge in [-0.2, -0.15) is 19.6 Å². The first kappa shape index (κ1) is 65.6. The number of halogens is 4. The van der Waals surface area contributed by atoms with Crippen molar-refractivity contribution in [1.29, 1.82) is 0 Å². The first-order chi connectivity index (χ1) is 39.6. The molecule has 2 aromatic heterocycles. The van der Waals surface area contributed by atoms with Gasteiger partial charge in [0.15, 0.2) is 0 Å². The van der Waals surface area contributed by atoms with E-state index in [2.05, 4.69) is 34.3 Å². The summed E-state index contributed by atoms with van der Waals surface area (Å²) in [5.41, 5.74) is 3.52. The second kappa shape index (κ2) is 29.0. The quantitative estimate of drug-likeness (QED) is 0.0399. The van der Waals surface area contributed by atoms with Crippen LogP contribution in [0.1, 0.15) is 64.5 Å². The third kappa shape index (κ3) is 17.6. The summed E-state index contributed by atoms with van der Waals surface area (Å²) in [7, 11) is -3.26. The van der Waals surface area contributed by atoms with E-state index < -0.39 is 24.1 Å². The monoisotopic (exact) mass is 1270 g/mol. The Bertz CT molecular complexity index is 3470. The number of rotatable bonds is 21. The Morgan fingerprint density at radius 2 is 1.04 bits per heavy atom. The third-order valence-electron chi connectivity index (χ3n) is 14.5. The summed E-state index contributed by atoms with van der Waals surface area (Å²) in [5.74, 6) is 0.621. The van der Waals surface area contributed by atoms with Crippen molar-refractivity contribution in [3.63, 3.8) is 0 Å². The van der Waals surface area contributed by atoms with Gasteiger partial charge in [0.1, 0.15) is 11.4 Å². The topological polar surface area (TPSA) is 249 Å². The molecule has 0 spiro atoms. The van der Waals surface area contributed by atoms with Gasteiger partial charge in [0.2, 0.25) is 11.5 Å². The summed E-state index contributed by atoms with van der Waals surface area (Å²) in [6.07, 6.45) is 7.97. The van der Waals surface area contributed by atoms with Crippen molar-refractivity contribution in [2.24, 2.45) is 10.8 Å². The number of nitro groups is 2. The van der Waals surface area contributed by atoms with Crippen LogP contribution in [-0.4, -0.2) is 113 Å². The number of non-ortho nitro benzene ring substituents is 2. The SMILES string of the molecule is CC1(COc2c(N3CCNCC3)cnn(-c3cccc(Cl)c3)c2=O)CC1.CCOP(=O)(Cc1ccc([N+](=O)[O-])cc1)N1CCN(c2cnn(-c3cccc(Cl)c3)c(=O)c2OCC2(C)CC2)CC1.CCOP(=O)(Cl)Cc1ccc([N+](=O)[O-])cc1.Cl. The van der Waals surface area contributed by atoms with E-state index in [0.717, 1.165) is 57.5 Å². The number of aromatic nitrogens is 4. The Hall–Kier alpha value is -5.90. The second-order valence-corrected chi connectivity index (χ2v) is 27.8. The van der Waals surface area contributed by atoms with Crippen LogP contribution in [0.3, 0.4) is 0 Å². The van der Waals surface area contributed by atoms with Crippen molar-refractivity contribution in [2.75, 3.05) is 88.6 Å². The van der Waals surface area contributed by atoms with Gasteiger partial charge in [0, 0.05) is 97.5 Å². The van der Waals surface area contributed by atoms with E-state index in [9.17, 15) is 38.9 Å². The fourth-order valence-corrected chi connectivity index (χ4v) is 13.6. The Morgan fingerprint density at radius 3 is 1.43 bits per heavy atom. The first-order valence-electron chi connectivity index (χ1n) is 27.2. The minimum atomic E-state index is -3.26. The van der Waals surface area contributed by atoms with Crippen LogP contribution >= 0.6 is 61.1 Å². The van der Waals surface area contributed by atoms with Crippen LogP contribution in [0.25, 0.3) is 11.4 Å². The maximum Gasteiger partial charge on any atom is 0.316 e. The number of hydrogen-bond acceptors (Lipinski definition) is 17. The second-order valence-electron chi connectivity index (χ2n) is 21.2. The lowest BCUT2D eigenvalue weighted by molar-refractivity contribution is -0.385. The Balaban J connectivity index is 0.000000200. The zero-order valence-electron chi connectivity index (χ0n) is 47.0. The number of piperazine rings is 2.